The van der Waals surface area contributed by atoms with E-state index in [1.807, 2.05) is 4.68 Å². The van der Waals surface area contributed by atoms with Crippen LogP contribution in [0.15, 0.2) is 12.3 Å². The number of hydrogen-bond acceptors (Lipinski definition) is 3. The minimum Gasteiger partial charge on any atom is -0.493 e. The number of nitrogens with zero attached hydrogens (tertiary/aromatic N) is 2. The Kier molecular flexibility index (Phi) is 4.55. The third-order valence-corrected chi connectivity index (χ3v) is 2.46. The lowest BCUT2D eigenvalue weighted by atomic mass is 10.1. The third kappa shape index (κ3) is 2.64. The van der Waals surface area contributed by atoms with Crippen LogP contribution >= 0.6 is 0 Å². The van der Waals surface area contributed by atoms with E-state index in [4.69, 9.17) is 10.5 Å². The van der Waals surface area contributed by atoms with Crippen LogP contribution in [0, 0.1) is 0 Å². The van der Waals surface area contributed by atoms with E-state index in [9.17, 15) is 0 Å². The predicted octanol–water partition coefficient (Wildman–Crippen LogP) is 2.22. The van der Waals surface area contributed by atoms with Crippen LogP contribution in [0.4, 0.5) is 0 Å². The molecule has 90 valence electrons. The number of ether oxygens (including phenoxy) is 1. The summed E-state index contributed by atoms with van der Waals surface area (Å²) in [4.78, 5) is 0. The zero-order valence-electron chi connectivity index (χ0n) is 10.5. The fraction of sp³-hybridized carbons (Fsp3) is 0.583. The molecular formula is C12H21N3O. The Hall–Kier alpha value is -1.29. The number of allylic oxidation sites excluding steroid dienone is 1. The highest BCUT2D eigenvalue weighted by molar-refractivity contribution is 5.66. The topological polar surface area (TPSA) is 53.1 Å². The highest BCUT2D eigenvalue weighted by Crippen LogP contribution is 2.28. The molecule has 0 amide bonds. The lowest BCUT2D eigenvalue weighted by Gasteiger charge is -2.12. The van der Waals surface area contributed by atoms with E-state index in [0.29, 0.717) is 12.6 Å². The monoisotopic (exact) mass is 223 g/mol. The highest BCUT2D eigenvalue weighted by atomic mass is 16.5. The second kappa shape index (κ2) is 5.70. The molecule has 0 aliphatic heterocycles. The van der Waals surface area contributed by atoms with Crippen LogP contribution in [0.5, 0.6) is 5.75 Å². The standard InChI is InChI=1S/C12H21N3O/c1-9(2)15-12(10(3)6-5-7-13)11(16-4)8-14-15/h6,8-9H,5,7,13H2,1-4H3. The summed E-state index contributed by atoms with van der Waals surface area (Å²) in [7, 11) is 1.67. The van der Waals surface area contributed by atoms with Crippen LogP contribution < -0.4 is 10.5 Å². The molecule has 0 aliphatic carbocycles. The Morgan fingerprint density at radius 2 is 2.31 bits per heavy atom. The van der Waals surface area contributed by atoms with Crippen LogP contribution in [0.25, 0.3) is 5.57 Å². The summed E-state index contributed by atoms with van der Waals surface area (Å²) in [6.07, 6.45) is 4.76. The van der Waals surface area contributed by atoms with E-state index >= 15 is 0 Å². The van der Waals surface area contributed by atoms with Crippen LogP contribution in [-0.4, -0.2) is 23.4 Å². The first kappa shape index (κ1) is 12.8. The van der Waals surface area contributed by atoms with Crippen molar-refractivity contribution in [1.82, 2.24) is 9.78 Å². The molecule has 4 nitrogen and oxygen atoms in total. The molecule has 0 saturated heterocycles. The van der Waals surface area contributed by atoms with Gasteiger partial charge in [-0.25, -0.2) is 0 Å². The van der Waals surface area contributed by atoms with E-state index < -0.39 is 0 Å². The van der Waals surface area contributed by atoms with Gasteiger partial charge in [0.15, 0.2) is 5.75 Å². The van der Waals surface area contributed by atoms with Crippen molar-refractivity contribution in [3.05, 3.63) is 18.0 Å². The van der Waals surface area contributed by atoms with Crippen molar-refractivity contribution in [1.29, 1.82) is 0 Å². The van der Waals surface area contributed by atoms with Crippen LogP contribution in [0.1, 0.15) is 38.9 Å². The normalized spacial score (nSPS) is 12.2. The average Bonchev–Trinajstić information content (AvgIpc) is 2.69. The minimum absolute atomic E-state index is 0.320. The Balaban J connectivity index is 3.12. The zero-order valence-corrected chi connectivity index (χ0v) is 10.5. The van der Waals surface area contributed by atoms with Crippen molar-refractivity contribution in [3.63, 3.8) is 0 Å². The van der Waals surface area contributed by atoms with Gasteiger partial charge < -0.3 is 10.5 Å². The van der Waals surface area contributed by atoms with Crippen LogP contribution in [-0.2, 0) is 0 Å². The SMILES string of the molecule is COc1cnn(C(C)C)c1C(C)=CCCN. The molecule has 0 radical (unpaired) electrons. The van der Waals surface area contributed by atoms with Gasteiger partial charge in [0, 0.05) is 6.04 Å². The summed E-state index contributed by atoms with van der Waals surface area (Å²) < 4.78 is 7.30. The van der Waals surface area contributed by atoms with Gasteiger partial charge in [-0.2, -0.15) is 5.10 Å². The van der Waals surface area contributed by atoms with Crippen molar-refractivity contribution in [2.75, 3.05) is 13.7 Å². The quantitative estimate of drug-likeness (QED) is 0.832. The maximum absolute atomic E-state index is 5.50. The number of rotatable bonds is 5. The molecule has 0 aromatic carbocycles. The molecule has 0 atom stereocenters. The van der Waals surface area contributed by atoms with Crippen molar-refractivity contribution in [3.8, 4) is 5.75 Å². The lowest BCUT2D eigenvalue weighted by Crippen LogP contribution is -2.07. The molecular weight excluding hydrogens is 202 g/mol. The van der Waals surface area contributed by atoms with Gasteiger partial charge in [-0.15, -0.1) is 0 Å². The van der Waals surface area contributed by atoms with Gasteiger partial charge in [-0.05, 0) is 39.3 Å². The molecule has 2 N–H and O–H groups in total. The smallest absolute Gasteiger partial charge is 0.164 e. The number of aromatic nitrogens is 2. The van der Waals surface area contributed by atoms with Crippen molar-refractivity contribution >= 4 is 5.57 Å². The van der Waals surface area contributed by atoms with Crippen molar-refractivity contribution in [2.24, 2.45) is 5.73 Å². The Bertz CT molecular complexity index is 366. The Morgan fingerprint density at radius 3 is 2.81 bits per heavy atom. The summed E-state index contributed by atoms with van der Waals surface area (Å²) in [5.74, 6) is 0.819. The third-order valence-electron chi connectivity index (χ3n) is 2.46. The van der Waals surface area contributed by atoms with E-state index in [2.05, 4.69) is 31.9 Å². The van der Waals surface area contributed by atoms with Gasteiger partial charge in [0.2, 0.25) is 0 Å². The summed E-state index contributed by atoms with van der Waals surface area (Å²) in [5.41, 5.74) is 7.71. The first-order valence-electron chi connectivity index (χ1n) is 5.60. The van der Waals surface area contributed by atoms with Gasteiger partial charge in [0.25, 0.3) is 0 Å². The summed E-state index contributed by atoms with van der Waals surface area (Å²) in [6.45, 7) is 6.93. The zero-order chi connectivity index (χ0) is 12.1. The molecule has 1 aromatic rings. The number of nitrogens with two attached hydrogens (primary N) is 1. The van der Waals surface area contributed by atoms with E-state index in [0.717, 1.165) is 23.4 Å². The minimum atomic E-state index is 0.320. The molecule has 0 unspecified atom stereocenters. The second-order valence-corrected chi connectivity index (χ2v) is 4.06. The number of hydrogen-bond donors (Lipinski definition) is 1. The summed E-state index contributed by atoms with van der Waals surface area (Å²) in [6, 6.07) is 0.320. The highest BCUT2D eigenvalue weighted by Gasteiger charge is 2.14. The van der Waals surface area contributed by atoms with Gasteiger partial charge in [0.1, 0.15) is 5.69 Å². The van der Waals surface area contributed by atoms with Crippen LogP contribution in [0.2, 0.25) is 0 Å². The molecule has 0 fully saturated rings. The van der Waals surface area contributed by atoms with Gasteiger partial charge in [-0.3, -0.25) is 4.68 Å². The fourth-order valence-electron chi connectivity index (χ4n) is 1.66. The molecule has 4 heteroatoms. The largest absolute Gasteiger partial charge is 0.493 e. The molecule has 16 heavy (non-hydrogen) atoms. The summed E-state index contributed by atoms with van der Waals surface area (Å²) in [5, 5.41) is 4.34. The van der Waals surface area contributed by atoms with E-state index in [1.165, 1.54) is 0 Å². The average molecular weight is 223 g/mol. The molecule has 0 aliphatic rings. The van der Waals surface area contributed by atoms with Crippen molar-refractivity contribution < 1.29 is 4.74 Å². The van der Waals surface area contributed by atoms with E-state index in [1.54, 1.807) is 13.3 Å². The maximum Gasteiger partial charge on any atom is 0.164 e. The Labute approximate surface area is 97.1 Å². The molecule has 0 spiro atoms. The van der Waals surface area contributed by atoms with Crippen LogP contribution in [0.3, 0.4) is 0 Å². The van der Waals surface area contributed by atoms with Gasteiger partial charge >= 0.3 is 0 Å². The molecule has 1 aromatic heterocycles. The Morgan fingerprint density at radius 1 is 1.62 bits per heavy atom. The fourth-order valence-corrected chi connectivity index (χ4v) is 1.66. The predicted molar refractivity (Wildman–Crippen MR) is 66.5 cm³/mol. The molecule has 1 rings (SSSR count). The van der Waals surface area contributed by atoms with Gasteiger partial charge in [-0.1, -0.05) is 6.08 Å². The van der Waals surface area contributed by atoms with Crippen molar-refractivity contribution in [2.45, 2.75) is 33.2 Å². The van der Waals surface area contributed by atoms with E-state index in [-0.39, 0.29) is 0 Å². The second-order valence-electron chi connectivity index (χ2n) is 4.06. The molecule has 0 saturated carbocycles. The first-order chi connectivity index (χ1) is 7.61. The number of methoxy groups -OCH3 is 1. The van der Waals surface area contributed by atoms with Gasteiger partial charge in [0.05, 0.1) is 13.3 Å². The summed E-state index contributed by atoms with van der Waals surface area (Å²) >= 11 is 0. The first-order valence-corrected chi connectivity index (χ1v) is 5.60. The maximum atomic E-state index is 5.50. The molecule has 1 heterocycles. The lowest BCUT2D eigenvalue weighted by molar-refractivity contribution is 0.410. The molecule has 0 bridgehead atoms.